The molecule has 3 rings (SSSR count). The normalized spacial score (nSPS) is 11.0. The largest absolute Gasteiger partial charge is 0.497 e. The molecule has 0 N–H and O–H groups in total. The zero-order valence-corrected chi connectivity index (χ0v) is 13.1. The van der Waals surface area contributed by atoms with Crippen molar-refractivity contribution in [2.24, 2.45) is 0 Å². The summed E-state index contributed by atoms with van der Waals surface area (Å²) in [7, 11) is 1.66. The number of methoxy groups -OCH3 is 1. The zero-order valence-electron chi connectivity index (χ0n) is 12.4. The lowest BCUT2D eigenvalue weighted by atomic mass is 10.1. The molecule has 0 aliphatic carbocycles. The molecule has 0 bridgehead atoms. The minimum Gasteiger partial charge on any atom is -0.497 e. The van der Waals surface area contributed by atoms with E-state index in [1.807, 2.05) is 18.2 Å². The van der Waals surface area contributed by atoms with E-state index in [1.54, 1.807) is 7.11 Å². The molecule has 108 valence electrons. The van der Waals surface area contributed by atoms with Crippen molar-refractivity contribution >= 4 is 22.6 Å². The van der Waals surface area contributed by atoms with Gasteiger partial charge in [-0.25, -0.2) is 4.98 Å². The molecule has 0 amide bonds. The molecule has 4 heteroatoms. The number of nitrogens with zero attached hydrogens (tertiary/aromatic N) is 2. The van der Waals surface area contributed by atoms with Crippen LogP contribution in [0.1, 0.15) is 17.0 Å². The van der Waals surface area contributed by atoms with Crippen molar-refractivity contribution in [1.29, 1.82) is 0 Å². The van der Waals surface area contributed by atoms with Crippen LogP contribution in [0.15, 0.2) is 36.4 Å². The Morgan fingerprint density at radius 1 is 1.19 bits per heavy atom. The number of alkyl halides is 1. The molecule has 0 atom stereocenters. The Kier molecular flexibility index (Phi) is 3.60. The van der Waals surface area contributed by atoms with Crippen LogP contribution in [-0.2, 0) is 5.88 Å². The summed E-state index contributed by atoms with van der Waals surface area (Å²) in [4.78, 5) is 4.64. The predicted octanol–water partition coefficient (Wildman–Crippen LogP) is 4.39. The number of rotatable bonds is 3. The van der Waals surface area contributed by atoms with Crippen LogP contribution >= 0.6 is 11.6 Å². The highest BCUT2D eigenvalue weighted by Crippen LogP contribution is 2.28. The maximum atomic E-state index is 6.10. The Morgan fingerprint density at radius 2 is 2.00 bits per heavy atom. The van der Waals surface area contributed by atoms with Gasteiger partial charge in [0.2, 0.25) is 0 Å². The molecule has 0 fully saturated rings. The van der Waals surface area contributed by atoms with Gasteiger partial charge in [-0.15, -0.1) is 11.6 Å². The van der Waals surface area contributed by atoms with Gasteiger partial charge in [-0.05, 0) is 43.2 Å². The van der Waals surface area contributed by atoms with E-state index >= 15 is 0 Å². The van der Waals surface area contributed by atoms with Crippen molar-refractivity contribution in [3.8, 4) is 11.4 Å². The fourth-order valence-corrected chi connectivity index (χ4v) is 2.75. The van der Waals surface area contributed by atoms with Gasteiger partial charge in [-0.1, -0.05) is 12.1 Å². The maximum Gasteiger partial charge on any atom is 0.129 e. The van der Waals surface area contributed by atoms with E-state index in [0.29, 0.717) is 5.88 Å². The van der Waals surface area contributed by atoms with Gasteiger partial charge in [0, 0.05) is 6.07 Å². The summed E-state index contributed by atoms with van der Waals surface area (Å²) in [5.74, 6) is 2.01. The Labute approximate surface area is 129 Å². The van der Waals surface area contributed by atoms with Crippen molar-refractivity contribution < 1.29 is 4.74 Å². The average Bonchev–Trinajstić information content (AvgIpc) is 2.87. The Bertz CT molecular complexity index is 808. The first-order valence-corrected chi connectivity index (χ1v) is 7.37. The quantitative estimate of drug-likeness (QED) is 0.671. The molecular weight excluding hydrogens is 284 g/mol. The van der Waals surface area contributed by atoms with E-state index in [0.717, 1.165) is 28.3 Å². The first-order chi connectivity index (χ1) is 10.2. The first-order valence-electron chi connectivity index (χ1n) is 6.83. The van der Waals surface area contributed by atoms with E-state index in [2.05, 4.69) is 41.6 Å². The van der Waals surface area contributed by atoms with E-state index < -0.39 is 0 Å². The average molecular weight is 301 g/mol. The highest BCUT2D eigenvalue weighted by Gasteiger charge is 2.14. The summed E-state index contributed by atoms with van der Waals surface area (Å²) in [6.45, 7) is 4.24. The fraction of sp³-hybridized carbons (Fsp3) is 0.235. The van der Waals surface area contributed by atoms with Crippen LogP contribution in [0.2, 0.25) is 0 Å². The SMILES string of the molecule is COc1ccc2c(c1)nc(CCl)n2-c1cccc(C)c1C. The van der Waals surface area contributed by atoms with Gasteiger partial charge in [0.05, 0.1) is 29.7 Å². The zero-order chi connectivity index (χ0) is 15.0. The predicted molar refractivity (Wildman–Crippen MR) is 86.7 cm³/mol. The molecule has 3 nitrogen and oxygen atoms in total. The molecule has 1 aromatic heterocycles. The van der Waals surface area contributed by atoms with Crippen LogP contribution in [0.3, 0.4) is 0 Å². The van der Waals surface area contributed by atoms with Crippen LogP contribution in [0.4, 0.5) is 0 Å². The molecule has 0 radical (unpaired) electrons. The Balaban J connectivity index is 2.32. The van der Waals surface area contributed by atoms with Crippen LogP contribution in [0.5, 0.6) is 5.75 Å². The second kappa shape index (κ2) is 5.41. The lowest BCUT2D eigenvalue weighted by Crippen LogP contribution is -2.02. The Hall–Kier alpha value is -2.00. The molecule has 3 aromatic rings. The van der Waals surface area contributed by atoms with Gasteiger partial charge in [0.25, 0.3) is 0 Å². The molecule has 2 aromatic carbocycles. The Morgan fingerprint density at radius 3 is 2.71 bits per heavy atom. The van der Waals surface area contributed by atoms with Crippen LogP contribution in [0.25, 0.3) is 16.7 Å². The third-order valence-electron chi connectivity index (χ3n) is 3.87. The molecular formula is C17H17ClN2O. The number of hydrogen-bond donors (Lipinski definition) is 0. The number of fused-ring (bicyclic) bond motifs is 1. The maximum absolute atomic E-state index is 6.10. The summed E-state index contributed by atoms with van der Waals surface area (Å²) in [5.41, 5.74) is 5.55. The third kappa shape index (κ3) is 2.28. The van der Waals surface area contributed by atoms with E-state index in [9.17, 15) is 0 Å². The van der Waals surface area contributed by atoms with Gasteiger partial charge in [-0.2, -0.15) is 0 Å². The van der Waals surface area contributed by atoms with Crippen LogP contribution < -0.4 is 4.74 Å². The monoisotopic (exact) mass is 300 g/mol. The van der Waals surface area contributed by atoms with Crippen molar-refractivity contribution in [2.75, 3.05) is 7.11 Å². The van der Waals surface area contributed by atoms with E-state index in [1.165, 1.54) is 11.1 Å². The minimum absolute atomic E-state index is 0.365. The van der Waals surface area contributed by atoms with Crippen LogP contribution in [-0.4, -0.2) is 16.7 Å². The number of ether oxygens (including phenoxy) is 1. The van der Waals surface area contributed by atoms with Gasteiger partial charge in [0.15, 0.2) is 0 Å². The minimum atomic E-state index is 0.365. The molecule has 0 saturated carbocycles. The summed E-state index contributed by atoms with van der Waals surface area (Å²) >= 11 is 6.10. The van der Waals surface area contributed by atoms with Gasteiger partial charge in [0.1, 0.15) is 11.6 Å². The first kappa shape index (κ1) is 14.0. The van der Waals surface area contributed by atoms with Gasteiger partial charge in [-0.3, -0.25) is 4.57 Å². The standard InChI is InChI=1S/C17H17ClN2O/c1-11-5-4-6-15(12(11)2)20-16-8-7-13(21-3)9-14(16)19-17(20)10-18/h4-9H,10H2,1-3H3. The summed E-state index contributed by atoms with van der Waals surface area (Å²) in [6, 6.07) is 12.2. The number of benzene rings is 2. The third-order valence-corrected chi connectivity index (χ3v) is 4.11. The summed E-state index contributed by atoms with van der Waals surface area (Å²) < 4.78 is 7.40. The topological polar surface area (TPSA) is 27.1 Å². The second-order valence-electron chi connectivity index (χ2n) is 5.07. The highest BCUT2D eigenvalue weighted by atomic mass is 35.5. The van der Waals surface area contributed by atoms with Gasteiger partial charge >= 0.3 is 0 Å². The highest BCUT2D eigenvalue weighted by molar-refractivity contribution is 6.17. The number of imidazole rings is 1. The van der Waals surface area contributed by atoms with E-state index in [-0.39, 0.29) is 0 Å². The van der Waals surface area contributed by atoms with Crippen LogP contribution in [0, 0.1) is 13.8 Å². The number of aromatic nitrogens is 2. The summed E-state index contributed by atoms with van der Waals surface area (Å²) in [5, 5.41) is 0. The molecule has 0 aliphatic heterocycles. The molecule has 0 unspecified atom stereocenters. The number of aryl methyl sites for hydroxylation is 1. The molecule has 21 heavy (non-hydrogen) atoms. The lowest BCUT2D eigenvalue weighted by Gasteiger charge is -2.13. The van der Waals surface area contributed by atoms with E-state index in [4.69, 9.17) is 16.3 Å². The molecule has 0 saturated heterocycles. The van der Waals surface area contributed by atoms with Crippen molar-refractivity contribution in [1.82, 2.24) is 9.55 Å². The van der Waals surface area contributed by atoms with Crippen molar-refractivity contribution in [3.05, 3.63) is 53.3 Å². The fourth-order valence-electron chi connectivity index (χ4n) is 2.57. The van der Waals surface area contributed by atoms with Crippen molar-refractivity contribution in [3.63, 3.8) is 0 Å². The second-order valence-corrected chi connectivity index (χ2v) is 5.34. The van der Waals surface area contributed by atoms with Gasteiger partial charge < -0.3 is 4.74 Å². The van der Waals surface area contributed by atoms with Crippen molar-refractivity contribution in [2.45, 2.75) is 19.7 Å². The summed E-state index contributed by atoms with van der Waals surface area (Å²) in [6.07, 6.45) is 0. The smallest absolute Gasteiger partial charge is 0.129 e. The molecule has 0 spiro atoms. The molecule has 1 heterocycles. The number of halogens is 1. The lowest BCUT2D eigenvalue weighted by molar-refractivity contribution is 0.415. The number of hydrogen-bond acceptors (Lipinski definition) is 2. The molecule has 0 aliphatic rings.